The molecule has 6 heteroatoms. The Labute approximate surface area is 162 Å². The van der Waals surface area contributed by atoms with Crippen LogP contribution in [0.4, 0.5) is 0 Å². The highest BCUT2D eigenvalue weighted by molar-refractivity contribution is 5.85. The van der Waals surface area contributed by atoms with Crippen molar-refractivity contribution in [2.45, 2.75) is 45.1 Å². The highest BCUT2D eigenvalue weighted by Crippen LogP contribution is 2.28. The Morgan fingerprint density at radius 3 is 2.62 bits per heavy atom. The molecule has 1 atom stereocenters. The summed E-state index contributed by atoms with van der Waals surface area (Å²) in [5, 5.41) is 6.33. The minimum Gasteiger partial charge on any atom is -0.356 e. The number of piperazine rings is 1. The van der Waals surface area contributed by atoms with Gasteiger partial charge in [0.2, 0.25) is 11.8 Å². The highest BCUT2D eigenvalue weighted by atomic mass is 35.5. The van der Waals surface area contributed by atoms with Crippen LogP contribution in [-0.2, 0) is 16.0 Å². The van der Waals surface area contributed by atoms with Crippen molar-refractivity contribution in [1.82, 2.24) is 15.5 Å². The van der Waals surface area contributed by atoms with Gasteiger partial charge in [-0.25, -0.2) is 0 Å². The summed E-state index contributed by atoms with van der Waals surface area (Å²) in [4.78, 5) is 26.3. The van der Waals surface area contributed by atoms with E-state index in [-0.39, 0.29) is 36.2 Å². The lowest BCUT2D eigenvalue weighted by atomic mass is 10.0. The first-order valence-electron chi connectivity index (χ1n) is 9.55. The van der Waals surface area contributed by atoms with Crippen LogP contribution in [0.1, 0.15) is 49.8 Å². The summed E-state index contributed by atoms with van der Waals surface area (Å²) >= 11 is 0. The number of amides is 2. The maximum Gasteiger partial charge on any atom is 0.223 e. The lowest BCUT2D eigenvalue weighted by Gasteiger charge is -2.36. The largest absolute Gasteiger partial charge is 0.356 e. The van der Waals surface area contributed by atoms with Crippen LogP contribution >= 0.6 is 12.4 Å². The van der Waals surface area contributed by atoms with E-state index in [1.807, 2.05) is 4.90 Å². The Kier molecular flexibility index (Phi) is 7.91. The zero-order chi connectivity index (χ0) is 17.6. The predicted molar refractivity (Wildman–Crippen MR) is 105 cm³/mol. The Morgan fingerprint density at radius 1 is 1.23 bits per heavy atom. The minimum atomic E-state index is 0. The zero-order valence-electron chi connectivity index (χ0n) is 15.5. The van der Waals surface area contributed by atoms with E-state index in [1.165, 1.54) is 11.1 Å². The predicted octanol–water partition coefficient (Wildman–Crippen LogP) is 2.45. The maximum atomic E-state index is 12.7. The van der Waals surface area contributed by atoms with Gasteiger partial charge in [0, 0.05) is 38.5 Å². The average Bonchev–Trinajstić information content (AvgIpc) is 3.50. The molecule has 1 aliphatic heterocycles. The number of nitrogens with one attached hydrogen (secondary N) is 2. The molecule has 1 aromatic carbocycles. The number of hydrogen-bond donors (Lipinski definition) is 2. The van der Waals surface area contributed by atoms with Gasteiger partial charge >= 0.3 is 0 Å². The number of benzene rings is 1. The van der Waals surface area contributed by atoms with Crippen molar-refractivity contribution < 1.29 is 9.59 Å². The fourth-order valence-corrected chi connectivity index (χ4v) is 3.36. The van der Waals surface area contributed by atoms with Crippen LogP contribution < -0.4 is 10.6 Å². The molecule has 0 aromatic heterocycles. The van der Waals surface area contributed by atoms with Gasteiger partial charge < -0.3 is 15.5 Å². The first kappa shape index (κ1) is 20.7. The summed E-state index contributed by atoms with van der Waals surface area (Å²) in [6, 6.07) is 8.70. The number of rotatable bonds is 7. The third kappa shape index (κ3) is 5.45. The highest BCUT2D eigenvalue weighted by Gasteiger charge is 2.29. The molecule has 144 valence electrons. The molecule has 1 saturated carbocycles. The van der Waals surface area contributed by atoms with Crippen molar-refractivity contribution in [3.8, 4) is 0 Å². The third-order valence-electron chi connectivity index (χ3n) is 5.15. The van der Waals surface area contributed by atoms with E-state index < -0.39 is 0 Å². The first-order chi connectivity index (χ1) is 12.2. The van der Waals surface area contributed by atoms with Gasteiger partial charge in [0.1, 0.15) is 0 Å². The number of carbonyl (C=O) groups is 2. The summed E-state index contributed by atoms with van der Waals surface area (Å²) in [7, 11) is 0. The smallest absolute Gasteiger partial charge is 0.223 e. The summed E-state index contributed by atoms with van der Waals surface area (Å²) in [5.41, 5.74) is 2.51. The Balaban J connectivity index is 0.00000243. The van der Waals surface area contributed by atoms with Crippen molar-refractivity contribution in [3.63, 3.8) is 0 Å². The lowest BCUT2D eigenvalue weighted by Crippen LogP contribution is -2.48. The molecule has 1 saturated heterocycles. The lowest BCUT2D eigenvalue weighted by molar-refractivity contribution is -0.134. The molecule has 26 heavy (non-hydrogen) atoms. The zero-order valence-corrected chi connectivity index (χ0v) is 16.3. The molecule has 5 nitrogen and oxygen atoms in total. The van der Waals surface area contributed by atoms with Gasteiger partial charge in [-0.05, 0) is 36.8 Å². The van der Waals surface area contributed by atoms with Crippen molar-refractivity contribution in [1.29, 1.82) is 0 Å². The molecule has 0 spiro atoms. The van der Waals surface area contributed by atoms with Gasteiger partial charge in [0.15, 0.2) is 0 Å². The normalized spacial score (nSPS) is 19.6. The summed E-state index contributed by atoms with van der Waals surface area (Å²) in [6.45, 7) is 5.13. The SMILES string of the molecule is CCc1ccc(C2CNCCN2C(=O)CCCNC(=O)C2CC2)cc1.Cl. The molecule has 1 aromatic rings. The van der Waals surface area contributed by atoms with E-state index in [2.05, 4.69) is 41.8 Å². The van der Waals surface area contributed by atoms with Crippen molar-refractivity contribution >= 4 is 24.2 Å². The molecule has 2 fully saturated rings. The second-order valence-electron chi connectivity index (χ2n) is 7.07. The second kappa shape index (κ2) is 9.93. The number of halogens is 1. The molecular formula is C20H30ClN3O2. The van der Waals surface area contributed by atoms with Crippen LogP contribution in [0.25, 0.3) is 0 Å². The number of nitrogens with zero attached hydrogens (tertiary/aromatic N) is 1. The minimum absolute atomic E-state index is 0. The van der Waals surface area contributed by atoms with Crippen LogP contribution in [0.3, 0.4) is 0 Å². The monoisotopic (exact) mass is 379 g/mol. The summed E-state index contributed by atoms with van der Waals surface area (Å²) < 4.78 is 0. The van der Waals surface area contributed by atoms with Gasteiger partial charge in [-0.1, -0.05) is 31.2 Å². The molecule has 1 heterocycles. The standard InChI is InChI=1S/C20H29N3O2.ClH/c1-2-15-5-7-16(8-6-15)18-14-21-12-13-23(18)19(24)4-3-11-22-20(25)17-9-10-17;/h5-8,17-18,21H,2-4,9-14H2,1H3,(H,22,25);1H. The fourth-order valence-electron chi connectivity index (χ4n) is 3.36. The fraction of sp³-hybridized carbons (Fsp3) is 0.600. The van der Waals surface area contributed by atoms with Gasteiger partial charge in [0.25, 0.3) is 0 Å². The van der Waals surface area contributed by atoms with E-state index in [9.17, 15) is 9.59 Å². The quantitative estimate of drug-likeness (QED) is 0.715. The molecular weight excluding hydrogens is 350 g/mol. The molecule has 1 unspecified atom stereocenters. The third-order valence-corrected chi connectivity index (χ3v) is 5.15. The Morgan fingerprint density at radius 2 is 1.96 bits per heavy atom. The van der Waals surface area contributed by atoms with Crippen molar-refractivity contribution in [2.24, 2.45) is 5.92 Å². The summed E-state index contributed by atoms with van der Waals surface area (Å²) in [6.07, 6.45) is 4.27. The molecule has 3 rings (SSSR count). The van der Waals surface area contributed by atoms with Crippen LogP contribution in [0.15, 0.2) is 24.3 Å². The van der Waals surface area contributed by atoms with Crippen LogP contribution in [0.5, 0.6) is 0 Å². The molecule has 0 radical (unpaired) electrons. The Hall–Kier alpha value is -1.59. The maximum absolute atomic E-state index is 12.7. The van der Waals surface area contributed by atoms with E-state index in [0.29, 0.717) is 19.4 Å². The Bertz CT molecular complexity index is 602. The van der Waals surface area contributed by atoms with Crippen molar-refractivity contribution in [3.05, 3.63) is 35.4 Å². The van der Waals surface area contributed by atoms with Crippen LogP contribution in [0, 0.1) is 5.92 Å². The van der Waals surface area contributed by atoms with Crippen molar-refractivity contribution in [2.75, 3.05) is 26.2 Å². The van der Waals surface area contributed by atoms with Gasteiger partial charge in [0.05, 0.1) is 6.04 Å². The van der Waals surface area contributed by atoms with E-state index in [0.717, 1.165) is 38.9 Å². The van der Waals surface area contributed by atoms with Crippen LogP contribution in [0.2, 0.25) is 0 Å². The molecule has 2 aliphatic rings. The first-order valence-corrected chi connectivity index (χ1v) is 9.55. The molecule has 2 N–H and O–H groups in total. The van der Waals surface area contributed by atoms with E-state index in [4.69, 9.17) is 0 Å². The molecule has 2 amide bonds. The van der Waals surface area contributed by atoms with Gasteiger partial charge in [-0.2, -0.15) is 0 Å². The number of hydrogen-bond acceptors (Lipinski definition) is 3. The molecule has 1 aliphatic carbocycles. The molecule has 0 bridgehead atoms. The number of carbonyl (C=O) groups excluding carboxylic acids is 2. The average molecular weight is 380 g/mol. The van der Waals surface area contributed by atoms with Gasteiger partial charge in [-0.3, -0.25) is 9.59 Å². The number of aryl methyl sites for hydroxylation is 1. The van der Waals surface area contributed by atoms with Gasteiger partial charge in [-0.15, -0.1) is 12.4 Å². The van der Waals surface area contributed by atoms with E-state index >= 15 is 0 Å². The van der Waals surface area contributed by atoms with Crippen LogP contribution in [-0.4, -0.2) is 42.9 Å². The topological polar surface area (TPSA) is 61.4 Å². The summed E-state index contributed by atoms with van der Waals surface area (Å²) in [5.74, 6) is 0.578. The second-order valence-corrected chi connectivity index (χ2v) is 7.07. The van der Waals surface area contributed by atoms with E-state index in [1.54, 1.807) is 0 Å².